The Kier molecular flexibility index (Phi) is 8.68. The maximum absolute atomic E-state index is 10.9. The third-order valence-electron chi connectivity index (χ3n) is 1.48. The molecule has 0 aliphatic carbocycles. The number of hydrogen-bond donors (Lipinski definition) is 4. The molecule has 0 heterocycles. The number of nitrogens with two attached hydrogens (primary N) is 2. The van der Waals surface area contributed by atoms with E-state index in [1.807, 2.05) is 0 Å². The molecule has 0 aromatic rings. The Morgan fingerprint density at radius 1 is 1.50 bits per heavy atom. The minimum Gasteiger partial charge on any atom is -0.480 e. The topological polar surface area (TPSA) is 128 Å². The summed E-state index contributed by atoms with van der Waals surface area (Å²) >= 11 is 1.35. The zero-order chi connectivity index (χ0) is 12.4. The molecule has 94 valence electrons. The molecule has 0 radical (unpaired) electrons. The standard InChI is InChI=1S/C8H17N3O4S/c9-1-3-15-8(14)11-2-4-16-5-6(10)7(12)13/h6H,1-5,9-10H2,(H,11,14)(H,12,13)/t6-/m0/s1. The van der Waals surface area contributed by atoms with Gasteiger partial charge in [-0.05, 0) is 0 Å². The first-order chi connectivity index (χ1) is 7.57. The molecule has 0 aliphatic heterocycles. The van der Waals surface area contributed by atoms with Gasteiger partial charge in [0.2, 0.25) is 0 Å². The molecular weight excluding hydrogens is 234 g/mol. The maximum atomic E-state index is 10.9. The van der Waals surface area contributed by atoms with Gasteiger partial charge < -0.3 is 26.6 Å². The van der Waals surface area contributed by atoms with Crippen molar-refractivity contribution in [3.8, 4) is 0 Å². The van der Waals surface area contributed by atoms with Crippen LogP contribution in [0.2, 0.25) is 0 Å². The average molecular weight is 251 g/mol. The van der Waals surface area contributed by atoms with Crippen LogP contribution in [0.4, 0.5) is 4.79 Å². The summed E-state index contributed by atoms with van der Waals surface area (Å²) in [6.07, 6.45) is -0.520. The molecule has 8 heteroatoms. The Labute approximate surface area is 97.9 Å². The van der Waals surface area contributed by atoms with E-state index in [0.29, 0.717) is 18.1 Å². The van der Waals surface area contributed by atoms with E-state index in [1.165, 1.54) is 11.8 Å². The number of carboxylic acids is 1. The van der Waals surface area contributed by atoms with Gasteiger partial charge >= 0.3 is 12.1 Å². The second-order valence-electron chi connectivity index (χ2n) is 2.87. The van der Waals surface area contributed by atoms with Crippen LogP contribution in [-0.2, 0) is 9.53 Å². The number of aliphatic carboxylic acids is 1. The van der Waals surface area contributed by atoms with E-state index in [9.17, 15) is 9.59 Å². The van der Waals surface area contributed by atoms with E-state index in [4.69, 9.17) is 16.6 Å². The van der Waals surface area contributed by atoms with Crippen molar-refractivity contribution < 1.29 is 19.4 Å². The van der Waals surface area contributed by atoms with Crippen molar-refractivity contribution in [1.29, 1.82) is 0 Å². The zero-order valence-corrected chi connectivity index (χ0v) is 9.66. The minimum absolute atomic E-state index is 0.183. The fraction of sp³-hybridized carbons (Fsp3) is 0.750. The number of rotatable bonds is 8. The average Bonchev–Trinajstić information content (AvgIpc) is 2.25. The van der Waals surface area contributed by atoms with E-state index >= 15 is 0 Å². The number of carboxylic acid groups (broad SMARTS) is 1. The maximum Gasteiger partial charge on any atom is 0.407 e. The van der Waals surface area contributed by atoms with E-state index < -0.39 is 18.1 Å². The highest BCUT2D eigenvalue weighted by Crippen LogP contribution is 2.00. The highest BCUT2D eigenvalue weighted by Gasteiger charge is 2.10. The molecule has 0 saturated heterocycles. The van der Waals surface area contributed by atoms with Crippen LogP contribution in [0.25, 0.3) is 0 Å². The summed E-state index contributed by atoms with van der Waals surface area (Å²) in [6.45, 7) is 0.874. The SMILES string of the molecule is NCCOC(=O)NCCSC[C@H](N)C(=O)O. The van der Waals surface area contributed by atoms with Crippen molar-refractivity contribution in [3.05, 3.63) is 0 Å². The van der Waals surface area contributed by atoms with Crippen LogP contribution in [0, 0.1) is 0 Å². The number of alkyl carbamates (subject to hydrolysis) is 1. The van der Waals surface area contributed by atoms with Crippen LogP contribution in [0.15, 0.2) is 0 Å². The van der Waals surface area contributed by atoms with Gasteiger partial charge in [0.05, 0.1) is 0 Å². The Morgan fingerprint density at radius 3 is 2.75 bits per heavy atom. The smallest absolute Gasteiger partial charge is 0.407 e. The fourth-order valence-electron chi connectivity index (χ4n) is 0.710. The van der Waals surface area contributed by atoms with Crippen molar-refractivity contribution in [2.45, 2.75) is 6.04 Å². The second kappa shape index (κ2) is 9.25. The summed E-state index contributed by atoms with van der Waals surface area (Å²) in [5.74, 6) is -0.129. The summed E-state index contributed by atoms with van der Waals surface area (Å²) < 4.78 is 4.65. The van der Waals surface area contributed by atoms with Gasteiger partial charge in [-0.3, -0.25) is 4.79 Å². The lowest BCUT2D eigenvalue weighted by Gasteiger charge is -2.07. The molecule has 0 aliphatic rings. The molecule has 16 heavy (non-hydrogen) atoms. The number of ether oxygens (including phenoxy) is 1. The summed E-state index contributed by atoms with van der Waals surface area (Å²) in [4.78, 5) is 21.2. The van der Waals surface area contributed by atoms with Crippen LogP contribution < -0.4 is 16.8 Å². The van der Waals surface area contributed by atoms with Crippen molar-refractivity contribution in [3.63, 3.8) is 0 Å². The summed E-state index contributed by atoms with van der Waals surface area (Å²) in [5, 5.41) is 11.0. The predicted molar refractivity (Wildman–Crippen MR) is 61.3 cm³/mol. The van der Waals surface area contributed by atoms with E-state index in [-0.39, 0.29) is 13.2 Å². The summed E-state index contributed by atoms with van der Waals surface area (Å²) in [6, 6.07) is -0.866. The number of hydrogen-bond acceptors (Lipinski definition) is 6. The first kappa shape index (κ1) is 15.0. The van der Waals surface area contributed by atoms with Crippen molar-refractivity contribution in [1.82, 2.24) is 5.32 Å². The summed E-state index contributed by atoms with van der Waals surface area (Å²) in [7, 11) is 0. The molecule has 1 atom stereocenters. The molecule has 0 fully saturated rings. The fourth-order valence-corrected chi connectivity index (χ4v) is 1.52. The molecule has 1 amide bonds. The van der Waals surface area contributed by atoms with Gasteiger partial charge in [-0.1, -0.05) is 0 Å². The number of nitrogens with one attached hydrogen (secondary N) is 1. The first-order valence-corrected chi connectivity index (χ1v) is 5.90. The van der Waals surface area contributed by atoms with Crippen LogP contribution in [0.5, 0.6) is 0 Å². The highest BCUT2D eigenvalue weighted by molar-refractivity contribution is 7.99. The quantitative estimate of drug-likeness (QED) is 0.400. The number of thioether (sulfide) groups is 1. The lowest BCUT2D eigenvalue weighted by atomic mass is 10.4. The Hall–Kier alpha value is -0.990. The molecule has 0 saturated carbocycles. The lowest BCUT2D eigenvalue weighted by Crippen LogP contribution is -2.33. The minimum atomic E-state index is -1.03. The van der Waals surface area contributed by atoms with Crippen LogP contribution >= 0.6 is 11.8 Å². The van der Waals surface area contributed by atoms with Gasteiger partial charge in [0.25, 0.3) is 0 Å². The highest BCUT2D eigenvalue weighted by atomic mass is 32.2. The molecule has 0 unspecified atom stereocenters. The number of amides is 1. The van der Waals surface area contributed by atoms with E-state index in [0.717, 1.165) is 0 Å². The zero-order valence-electron chi connectivity index (χ0n) is 8.85. The van der Waals surface area contributed by atoms with Gasteiger partial charge in [0.15, 0.2) is 0 Å². The summed E-state index contributed by atoms with van der Waals surface area (Å²) in [5.41, 5.74) is 10.4. The Morgan fingerprint density at radius 2 is 2.19 bits per heavy atom. The van der Waals surface area contributed by atoms with E-state index in [1.54, 1.807) is 0 Å². The van der Waals surface area contributed by atoms with Crippen molar-refractivity contribution in [2.24, 2.45) is 11.5 Å². The monoisotopic (exact) mass is 251 g/mol. The molecule has 0 bridgehead atoms. The van der Waals surface area contributed by atoms with Crippen molar-refractivity contribution in [2.75, 3.05) is 31.2 Å². The van der Waals surface area contributed by atoms with Gasteiger partial charge in [0, 0.05) is 24.6 Å². The van der Waals surface area contributed by atoms with Crippen LogP contribution in [0.3, 0.4) is 0 Å². The predicted octanol–water partition coefficient (Wildman–Crippen LogP) is -1.18. The Balaban J connectivity index is 3.33. The van der Waals surface area contributed by atoms with Crippen LogP contribution in [-0.4, -0.2) is 54.4 Å². The number of carbonyl (C=O) groups is 2. The lowest BCUT2D eigenvalue weighted by molar-refractivity contribution is -0.137. The molecule has 6 N–H and O–H groups in total. The molecule has 0 aromatic heterocycles. The van der Waals surface area contributed by atoms with Crippen molar-refractivity contribution >= 4 is 23.8 Å². The van der Waals surface area contributed by atoms with Crippen LogP contribution in [0.1, 0.15) is 0 Å². The normalized spacial score (nSPS) is 11.9. The first-order valence-electron chi connectivity index (χ1n) is 4.74. The third-order valence-corrected chi connectivity index (χ3v) is 2.57. The Bertz CT molecular complexity index is 227. The van der Waals surface area contributed by atoms with Gasteiger partial charge in [-0.15, -0.1) is 0 Å². The molecule has 0 rings (SSSR count). The molecular formula is C8H17N3O4S. The van der Waals surface area contributed by atoms with Gasteiger partial charge in [-0.2, -0.15) is 11.8 Å². The molecule has 0 spiro atoms. The molecule has 7 nitrogen and oxygen atoms in total. The molecule has 0 aromatic carbocycles. The van der Waals surface area contributed by atoms with Gasteiger partial charge in [0.1, 0.15) is 12.6 Å². The second-order valence-corrected chi connectivity index (χ2v) is 4.02. The third kappa shape index (κ3) is 8.33. The largest absolute Gasteiger partial charge is 0.480 e. The van der Waals surface area contributed by atoms with E-state index in [2.05, 4.69) is 10.1 Å². The number of carbonyl (C=O) groups excluding carboxylic acids is 1. The van der Waals surface area contributed by atoms with Gasteiger partial charge in [-0.25, -0.2) is 4.79 Å².